The summed E-state index contributed by atoms with van der Waals surface area (Å²) >= 11 is 5.77. The van der Waals surface area contributed by atoms with E-state index in [0.29, 0.717) is 32.1 Å². The molecule has 1 unspecified atom stereocenters. The summed E-state index contributed by atoms with van der Waals surface area (Å²) in [6, 6.07) is 1.50. The van der Waals surface area contributed by atoms with Crippen molar-refractivity contribution in [2.45, 2.75) is 39.8 Å². The minimum Gasteiger partial charge on any atom is -0.366 e. The Morgan fingerprint density at radius 2 is 2.00 bits per heavy atom. The second-order valence-electron chi connectivity index (χ2n) is 7.99. The van der Waals surface area contributed by atoms with Crippen LogP contribution < -0.4 is 10.2 Å². The van der Waals surface area contributed by atoms with E-state index in [1.165, 1.54) is 0 Å². The summed E-state index contributed by atoms with van der Waals surface area (Å²) in [6.07, 6.45) is -3.27. The number of hydrogen-bond donors (Lipinski definition) is 1. The second-order valence-corrected chi connectivity index (χ2v) is 8.40. The summed E-state index contributed by atoms with van der Waals surface area (Å²) in [5.74, 6) is -0.0751. The van der Waals surface area contributed by atoms with Crippen molar-refractivity contribution in [2.24, 2.45) is 11.3 Å². The van der Waals surface area contributed by atoms with Crippen molar-refractivity contribution in [3.05, 3.63) is 32.8 Å². The van der Waals surface area contributed by atoms with Crippen LogP contribution in [0.1, 0.15) is 39.2 Å². The Morgan fingerprint density at radius 1 is 1.36 bits per heavy atom. The zero-order chi connectivity index (χ0) is 21.3. The van der Waals surface area contributed by atoms with Crippen molar-refractivity contribution in [3.63, 3.8) is 0 Å². The van der Waals surface area contributed by atoms with Gasteiger partial charge in [0.25, 0.3) is 5.69 Å². The van der Waals surface area contributed by atoms with Gasteiger partial charge in [-0.3, -0.25) is 14.9 Å². The van der Waals surface area contributed by atoms with Gasteiger partial charge in [-0.2, -0.15) is 13.2 Å². The molecular weight excluding hydrogens is 399 g/mol. The fraction of sp³-hybridized carbons (Fsp3) is 0.611. The Morgan fingerprint density at radius 3 is 2.54 bits per heavy atom. The first kappa shape index (κ1) is 22.3. The predicted octanol–water partition coefficient (Wildman–Crippen LogP) is 4.65. The minimum atomic E-state index is -4.78. The van der Waals surface area contributed by atoms with Crippen LogP contribution in [0.4, 0.5) is 24.5 Å². The molecule has 2 rings (SSSR count). The van der Waals surface area contributed by atoms with E-state index in [9.17, 15) is 28.1 Å². The van der Waals surface area contributed by atoms with E-state index in [-0.39, 0.29) is 17.5 Å². The maximum atomic E-state index is 13.0. The van der Waals surface area contributed by atoms with E-state index in [1.807, 2.05) is 0 Å². The van der Waals surface area contributed by atoms with Gasteiger partial charge in [-0.25, -0.2) is 0 Å². The lowest BCUT2D eigenvalue weighted by Crippen LogP contribution is -2.43. The fourth-order valence-electron chi connectivity index (χ4n) is 3.12. The van der Waals surface area contributed by atoms with Gasteiger partial charge in [0.1, 0.15) is 5.69 Å². The molecule has 156 valence electrons. The van der Waals surface area contributed by atoms with E-state index >= 15 is 0 Å². The molecule has 1 amide bonds. The van der Waals surface area contributed by atoms with Gasteiger partial charge in [0, 0.05) is 31.1 Å². The van der Waals surface area contributed by atoms with Crippen molar-refractivity contribution in [3.8, 4) is 0 Å². The number of nitrogens with zero attached hydrogens (tertiary/aromatic N) is 2. The summed E-state index contributed by atoms with van der Waals surface area (Å²) in [6.45, 7) is 6.63. The molecule has 0 radical (unpaired) electrons. The number of piperidine rings is 1. The Labute approximate surface area is 166 Å². The van der Waals surface area contributed by atoms with E-state index in [2.05, 4.69) is 5.32 Å². The predicted molar refractivity (Wildman–Crippen MR) is 101 cm³/mol. The number of rotatable bonds is 4. The number of halogens is 4. The molecule has 0 saturated carbocycles. The highest BCUT2D eigenvalue weighted by molar-refractivity contribution is 6.31. The van der Waals surface area contributed by atoms with Crippen molar-refractivity contribution in [2.75, 3.05) is 24.5 Å². The maximum absolute atomic E-state index is 13.0. The lowest BCUT2D eigenvalue weighted by atomic mass is 9.93. The van der Waals surface area contributed by atoms with Gasteiger partial charge in [-0.05, 0) is 24.8 Å². The number of nitro benzene ring substituents is 1. The number of hydrogen-bond acceptors (Lipinski definition) is 4. The molecule has 10 heteroatoms. The molecular formula is C18H23ClF3N3O3. The molecule has 1 aromatic rings. The van der Waals surface area contributed by atoms with Gasteiger partial charge in [-0.1, -0.05) is 32.4 Å². The first-order valence-corrected chi connectivity index (χ1v) is 9.27. The zero-order valence-electron chi connectivity index (χ0n) is 15.9. The van der Waals surface area contributed by atoms with Crippen LogP contribution in [-0.2, 0) is 11.0 Å². The Hall–Kier alpha value is -2.03. The summed E-state index contributed by atoms with van der Waals surface area (Å²) in [7, 11) is 0. The SMILES string of the molecule is CC(C)(C)C(=O)NCC1CCCN(c2cc(Cl)c(C(F)(F)F)cc2[N+](=O)[O-])C1. The standard InChI is InChI=1S/C18H23ClF3N3O3/c1-17(2,3)16(26)23-9-11-5-4-6-24(10-11)14-8-13(19)12(18(20,21)22)7-15(14)25(27)28/h7-8,11H,4-6,9-10H2,1-3H3,(H,23,26). The molecule has 1 fully saturated rings. The Kier molecular flexibility index (Phi) is 6.48. The van der Waals surface area contributed by atoms with Gasteiger partial charge in [0.2, 0.25) is 5.91 Å². The first-order valence-electron chi connectivity index (χ1n) is 8.89. The van der Waals surface area contributed by atoms with E-state index < -0.39 is 32.8 Å². The number of nitro groups is 1. The van der Waals surface area contributed by atoms with Crippen LogP contribution in [-0.4, -0.2) is 30.5 Å². The van der Waals surface area contributed by atoms with Crippen LogP contribution in [0.15, 0.2) is 12.1 Å². The van der Waals surface area contributed by atoms with E-state index in [1.54, 1.807) is 25.7 Å². The lowest BCUT2D eigenvalue weighted by Gasteiger charge is -2.34. The van der Waals surface area contributed by atoms with E-state index in [0.717, 1.165) is 12.5 Å². The molecule has 0 spiro atoms. The molecule has 6 nitrogen and oxygen atoms in total. The number of carbonyl (C=O) groups is 1. The highest BCUT2D eigenvalue weighted by Crippen LogP contribution is 2.42. The minimum absolute atomic E-state index is 0.0284. The van der Waals surface area contributed by atoms with Crippen molar-refractivity contribution in [1.82, 2.24) is 5.32 Å². The topological polar surface area (TPSA) is 75.5 Å². The van der Waals surface area contributed by atoms with Crippen molar-refractivity contribution < 1.29 is 22.9 Å². The number of carbonyl (C=O) groups excluding carboxylic acids is 1. The average Bonchev–Trinajstić information content (AvgIpc) is 2.57. The molecule has 1 aliphatic heterocycles. The molecule has 28 heavy (non-hydrogen) atoms. The summed E-state index contributed by atoms with van der Waals surface area (Å²) < 4.78 is 39.1. The summed E-state index contributed by atoms with van der Waals surface area (Å²) in [4.78, 5) is 24.3. The van der Waals surface area contributed by atoms with Crippen LogP contribution >= 0.6 is 11.6 Å². The quantitative estimate of drug-likeness (QED) is 0.567. The number of nitrogens with one attached hydrogen (secondary N) is 1. The highest BCUT2D eigenvalue weighted by atomic mass is 35.5. The number of alkyl halides is 3. The molecule has 1 aromatic carbocycles. The van der Waals surface area contributed by atoms with Gasteiger partial charge >= 0.3 is 6.18 Å². The fourth-order valence-corrected chi connectivity index (χ4v) is 3.39. The third-order valence-electron chi connectivity index (χ3n) is 4.66. The zero-order valence-corrected chi connectivity index (χ0v) is 16.7. The number of benzene rings is 1. The van der Waals surface area contributed by atoms with Gasteiger partial charge in [-0.15, -0.1) is 0 Å². The first-order chi connectivity index (χ1) is 12.8. The van der Waals surface area contributed by atoms with Crippen LogP contribution in [0.3, 0.4) is 0 Å². The monoisotopic (exact) mass is 421 g/mol. The third-order valence-corrected chi connectivity index (χ3v) is 4.97. The van der Waals surface area contributed by atoms with E-state index in [4.69, 9.17) is 11.6 Å². The van der Waals surface area contributed by atoms with Crippen LogP contribution in [0, 0.1) is 21.4 Å². The average molecular weight is 422 g/mol. The van der Waals surface area contributed by atoms with Crippen LogP contribution in [0.2, 0.25) is 5.02 Å². The van der Waals surface area contributed by atoms with Crippen molar-refractivity contribution >= 4 is 28.9 Å². The number of anilines is 1. The summed E-state index contributed by atoms with van der Waals surface area (Å²) in [5, 5.41) is 13.7. The van der Waals surface area contributed by atoms with Crippen molar-refractivity contribution in [1.29, 1.82) is 0 Å². The smallest absolute Gasteiger partial charge is 0.366 e. The van der Waals surface area contributed by atoms with Crippen LogP contribution in [0.25, 0.3) is 0 Å². The normalized spacial score (nSPS) is 18.1. The molecule has 0 aromatic heterocycles. The third kappa shape index (κ3) is 5.27. The summed E-state index contributed by atoms with van der Waals surface area (Å²) in [5.41, 5.74) is -2.32. The second kappa shape index (κ2) is 8.14. The Balaban J connectivity index is 2.23. The lowest BCUT2D eigenvalue weighted by molar-refractivity contribution is -0.384. The molecule has 0 bridgehead atoms. The molecule has 0 aliphatic carbocycles. The Bertz CT molecular complexity index is 763. The molecule has 1 aliphatic rings. The van der Waals surface area contributed by atoms with Gasteiger partial charge < -0.3 is 10.2 Å². The van der Waals surface area contributed by atoms with Crippen LogP contribution in [0.5, 0.6) is 0 Å². The highest BCUT2D eigenvalue weighted by Gasteiger charge is 2.37. The maximum Gasteiger partial charge on any atom is 0.418 e. The molecule has 1 N–H and O–H groups in total. The molecule has 1 atom stereocenters. The molecule has 1 heterocycles. The number of amides is 1. The van der Waals surface area contributed by atoms with Gasteiger partial charge in [0.15, 0.2) is 0 Å². The largest absolute Gasteiger partial charge is 0.418 e. The molecule has 1 saturated heterocycles. The van der Waals surface area contributed by atoms with Gasteiger partial charge in [0.05, 0.1) is 15.5 Å².